The van der Waals surface area contributed by atoms with Gasteiger partial charge >= 0.3 is 0 Å². The second-order valence-corrected chi connectivity index (χ2v) is 9.72. The van der Waals surface area contributed by atoms with E-state index in [1.807, 2.05) is 24.8 Å². The zero-order valence-electron chi connectivity index (χ0n) is 18.8. The monoisotopic (exact) mass is 446 g/mol. The van der Waals surface area contributed by atoms with Crippen molar-refractivity contribution in [3.8, 4) is 22.3 Å². The summed E-state index contributed by atoms with van der Waals surface area (Å²) < 4.78 is 2.29. The van der Waals surface area contributed by atoms with Crippen LogP contribution in [-0.2, 0) is 12.8 Å². The molecule has 162 valence electrons. The highest BCUT2D eigenvalue weighted by Gasteiger charge is 2.27. The highest BCUT2D eigenvalue weighted by atomic mass is 15.0. The molecule has 0 N–H and O–H groups in total. The first-order valence-electron chi connectivity index (χ1n) is 12.0. The molecule has 9 rings (SSSR count). The molecule has 4 nitrogen and oxygen atoms in total. The number of fused-ring (bicyclic) bond motifs is 15. The van der Waals surface area contributed by atoms with E-state index >= 15 is 0 Å². The fourth-order valence-corrected chi connectivity index (χ4v) is 6.47. The van der Waals surface area contributed by atoms with Crippen molar-refractivity contribution in [3.63, 3.8) is 0 Å². The average molecular weight is 447 g/mol. The Balaban J connectivity index is 1.35. The minimum Gasteiger partial charge on any atom is -0.292 e. The van der Waals surface area contributed by atoms with Gasteiger partial charge in [0.15, 0.2) is 0 Å². The number of pyridine rings is 3. The number of nitrogens with zero attached hydrogens (tertiary/aromatic N) is 4. The van der Waals surface area contributed by atoms with Gasteiger partial charge in [0.05, 0.1) is 16.6 Å². The van der Waals surface area contributed by atoms with Crippen LogP contribution in [0.4, 0.5) is 0 Å². The predicted molar refractivity (Wildman–Crippen MR) is 140 cm³/mol. The summed E-state index contributed by atoms with van der Waals surface area (Å²) >= 11 is 0. The van der Waals surface area contributed by atoms with Crippen LogP contribution in [0.1, 0.15) is 22.3 Å². The summed E-state index contributed by atoms with van der Waals surface area (Å²) in [7, 11) is 0. The molecule has 0 saturated heterocycles. The lowest BCUT2D eigenvalue weighted by Gasteiger charge is -2.08. The molecule has 2 aliphatic rings. The summed E-state index contributed by atoms with van der Waals surface area (Å²) in [6, 6.07) is 22.4. The Morgan fingerprint density at radius 1 is 0.600 bits per heavy atom. The summed E-state index contributed by atoms with van der Waals surface area (Å²) in [6.07, 6.45) is 9.52. The largest absolute Gasteiger partial charge is 0.292 e. The molecule has 0 aliphatic heterocycles. The van der Waals surface area contributed by atoms with E-state index in [1.54, 1.807) is 0 Å². The molecular formula is C31H18N4. The summed E-state index contributed by atoms with van der Waals surface area (Å²) in [5.74, 6) is 0. The van der Waals surface area contributed by atoms with Gasteiger partial charge in [-0.15, -0.1) is 0 Å². The molecular weight excluding hydrogens is 428 g/mol. The Morgan fingerprint density at radius 3 is 2.34 bits per heavy atom. The maximum Gasteiger partial charge on any atom is 0.147 e. The van der Waals surface area contributed by atoms with Crippen LogP contribution in [0, 0.1) is 0 Å². The molecule has 0 fully saturated rings. The number of aromatic nitrogens is 4. The standard InChI is InChI=1S/C31H18N4/c1-2-4-20-17(3-1)11-18-12-24-19(13-23(18)20)14-25-21(24)5-6-29-30(25)34-31-27-16-32-9-7-22(27)26-15-33-10-8-28(26)35(29)31/h1-10,12-13,15-16H,11,14H2. The molecule has 0 saturated carbocycles. The molecule has 0 spiro atoms. The van der Waals surface area contributed by atoms with E-state index in [-0.39, 0.29) is 0 Å². The van der Waals surface area contributed by atoms with Gasteiger partial charge in [-0.25, -0.2) is 4.98 Å². The molecule has 0 atom stereocenters. The van der Waals surface area contributed by atoms with Gasteiger partial charge in [-0.2, -0.15) is 0 Å². The van der Waals surface area contributed by atoms with Gasteiger partial charge in [-0.05, 0) is 86.6 Å². The molecule has 0 bridgehead atoms. The van der Waals surface area contributed by atoms with Crippen LogP contribution in [-0.4, -0.2) is 19.4 Å². The first kappa shape index (κ1) is 17.8. The summed E-state index contributed by atoms with van der Waals surface area (Å²) in [4.78, 5) is 14.1. The highest BCUT2D eigenvalue weighted by molar-refractivity contribution is 6.13. The van der Waals surface area contributed by atoms with Gasteiger partial charge in [-0.1, -0.05) is 30.3 Å². The molecule has 0 unspecified atom stereocenters. The van der Waals surface area contributed by atoms with E-state index in [9.17, 15) is 0 Å². The molecule has 0 amide bonds. The summed E-state index contributed by atoms with van der Waals surface area (Å²) in [6.45, 7) is 0. The number of hydrogen-bond donors (Lipinski definition) is 0. The van der Waals surface area contributed by atoms with E-state index < -0.39 is 0 Å². The molecule has 4 heterocycles. The zero-order chi connectivity index (χ0) is 22.7. The lowest BCUT2D eigenvalue weighted by Crippen LogP contribution is -1.92. The first-order valence-corrected chi connectivity index (χ1v) is 12.0. The average Bonchev–Trinajstić information content (AvgIpc) is 3.58. The van der Waals surface area contributed by atoms with Crippen LogP contribution < -0.4 is 0 Å². The fourth-order valence-electron chi connectivity index (χ4n) is 6.47. The quantitative estimate of drug-likeness (QED) is 0.243. The fraction of sp³-hybridized carbons (Fsp3) is 0.0645. The molecule has 7 aromatic rings. The lowest BCUT2D eigenvalue weighted by atomic mass is 9.98. The van der Waals surface area contributed by atoms with Gasteiger partial charge < -0.3 is 0 Å². The number of hydrogen-bond acceptors (Lipinski definition) is 3. The Hall–Kier alpha value is -4.57. The third-order valence-corrected chi connectivity index (χ3v) is 8.00. The van der Waals surface area contributed by atoms with Crippen LogP contribution in [0.3, 0.4) is 0 Å². The SMILES string of the molecule is c1ccc2c(c1)Cc1cc3c(cc1-2)Cc1c-3ccc2c1nc1c3cnccc3c3cnccc3n21. The van der Waals surface area contributed by atoms with Crippen molar-refractivity contribution in [1.29, 1.82) is 0 Å². The van der Waals surface area contributed by atoms with Crippen LogP contribution >= 0.6 is 0 Å². The minimum atomic E-state index is 0.914. The van der Waals surface area contributed by atoms with Crippen molar-refractivity contribution in [2.45, 2.75) is 12.8 Å². The maximum atomic E-state index is 5.27. The lowest BCUT2D eigenvalue weighted by molar-refractivity contribution is 1.24. The van der Waals surface area contributed by atoms with Crippen molar-refractivity contribution in [2.24, 2.45) is 0 Å². The van der Waals surface area contributed by atoms with Crippen molar-refractivity contribution < 1.29 is 0 Å². The van der Waals surface area contributed by atoms with Crippen molar-refractivity contribution in [2.75, 3.05) is 0 Å². The molecule has 3 aromatic carbocycles. The van der Waals surface area contributed by atoms with E-state index in [1.165, 1.54) is 44.5 Å². The number of benzene rings is 3. The Labute approximate surface area is 200 Å². The third kappa shape index (κ3) is 2.15. The Morgan fingerprint density at radius 2 is 1.40 bits per heavy atom. The van der Waals surface area contributed by atoms with Crippen molar-refractivity contribution in [1.82, 2.24) is 19.4 Å². The van der Waals surface area contributed by atoms with Gasteiger partial charge in [0.2, 0.25) is 0 Å². The van der Waals surface area contributed by atoms with Gasteiger partial charge in [0.25, 0.3) is 0 Å². The van der Waals surface area contributed by atoms with E-state index in [4.69, 9.17) is 4.98 Å². The van der Waals surface area contributed by atoms with Crippen molar-refractivity contribution >= 4 is 38.4 Å². The van der Waals surface area contributed by atoms with E-state index in [0.717, 1.165) is 51.2 Å². The second kappa shape index (κ2) is 6.10. The molecule has 0 radical (unpaired) electrons. The van der Waals surface area contributed by atoms with Gasteiger partial charge in [-0.3, -0.25) is 14.4 Å². The van der Waals surface area contributed by atoms with E-state index in [0.29, 0.717) is 0 Å². The molecule has 2 aliphatic carbocycles. The number of rotatable bonds is 0. The minimum absolute atomic E-state index is 0.914. The number of imidazole rings is 1. The zero-order valence-corrected chi connectivity index (χ0v) is 18.8. The highest BCUT2D eigenvalue weighted by Crippen LogP contribution is 2.46. The molecule has 4 aromatic heterocycles. The Bertz CT molecular complexity index is 2070. The van der Waals surface area contributed by atoms with Gasteiger partial charge in [0.1, 0.15) is 5.65 Å². The predicted octanol–water partition coefficient (Wildman–Crippen LogP) is 6.73. The third-order valence-electron chi connectivity index (χ3n) is 8.00. The van der Waals surface area contributed by atoms with Gasteiger partial charge in [0, 0.05) is 42.0 Å². The molecule has 4 heteroatoms. The van der Waals surface area contributed by atoms with Crippen molar-refractivity contribution in [3.05, 3.63) is 108 Å². The smallest absolute Gasteiger partial charge is 0.147 e. The van der Waals surface area contributed by atoms with Crippen LogP contribution in [0.25, 0.3) is 60.6 Å². The second-order valence-electron chi connectivity index (χ2n) is 9.72. The first-order chi connectivity index (χ1) is 17.3. The maximum absolute atomic E-state index is 5.27. The topological polar surface area (TPSA) is 43.1 Å². The normalized spacial score (nSPS) is 13.5. The van der Waals surface area contributed by atoms with Crippen LogP contribution in [0.15, 0.2) is 85.5 Å². The Kier molecular flexibility index (Phi) is 3.11. The van der Waals surface area contributed by atoms with Crippen LogP contribution in [0.5, 0.6) is 0 Å². The summed E-state index contributed by atoms with van der Waals surface area (Å²) in [5.41, 5.74) is 15.4. The van der Waals surface area contributed by atoms with E-state index in [2.05, 4.69) is 75.0 Å². The molecule has 35 heavy (non-hydrogen) atoms. The van der Waals surface area contributed by atoms with Crippen LogP contribution in [0.2, 0.25) is 0 Å². The summed E-state index contributed by atoms with van der Waals surface area (Å²) in [5, 5.41) is 3.32.